The van der Waals surface area contributed by atoms with E-state index < -0.39 is 16.0 Å². The summed E-state index contributed by atoms with van der Waals surface area (Å²) in [6.07, 6.45) is 0. The number of hydrogen-bond donors (Lipinski definition) is 1. The van der Waals surface area contributed by atoms with Gasteiger partial charge in [-0.05, 0) is 43.3 Å². The molecule has 0 spiro atoms. The Kier molecular flexibility index (Phi) is 6.26. The Labute approximate surface area is 181 Å². The zero-order chi connectivity index (χ0) is 21.9. The minimum Gasteiger partial charge on any atom is -0.456 e. The molecule has 0 amide bonds. The van der Waals surface area contributed by atoms with Gasteiger partial charge < -0.3 is 9.47 Å². The molecule has 30 heavy (non-hydrogen) atoms. The molecule has 0 bridgehead atoms. The number of ether oxygens (including phenoxy) is 2. The van der Waals surface area contributed by atoms with Crippen molar-refractivity contribution >= 4 is 44.1 Å². The molecular formula is C19H14ClN3O5S2. The Bertz CT molecular complexity index is 1250. The van der Waals surface area contributed by atoms with Gasteiger partial charge in [0, 0.05) is 6.92 Å². The van der Waals surface area contributed by atoms with E-state index in [1.54, 1.807) is 25.1 Å². The molecule has 0 aliphatic rings. The van der Waals surface area contributed by atoms with Crippen LogP contribution in [0.25, 0.3) is 0 Å². The number of nitrogens with zero attached hydrogens (tertiary/aromatic N) is 2. The highest BCUT2D eigenvalue weighted by atomic mass is 35.5. The maximum atomic E-state index is 12.6. The number of aromatic nitrogens is 1. The van der Waals surface area contributed by atoms with Gasteiger partial charge in [0.15, 0.2) is 5.13 Å². The second kappa shape index (κ2) is 8.71. The van der Waals surface area contributed by atoms with Crippen LogP contribution in [0.2, 0.25) is 5.02 Å². The molecule has 0 radical (unpaired) electrons. The van der Waals surface area contributed by atoms with Crippen molar-refractivity contribution in [2.75, 3.05) is 4.72 Å². The van der Waals surface area contributed by atoms with Crippen molar-refractivity contribution in [1.82, 2.24) is 4.98 Å². The molecule has 8 nitrogen and oxygen atoms in total. The number of aryl methyl sites for hydroxylation is 1. The van der Waals surface area contributed by atoms with Gasteiger partial charge in [-0.3, -0.25) is 9.52 Å². The number of thiazole rings is 1. The number of carbonyl (C=O) groups excluding carboxylic acids is 1. The molecule has 0 unspecified atom stereocenters. The Morgan fingerprint density at radius 1 is 1.23 bits per heavy atom. The summed E-state index contributed by atoms with van der Waals surface area (Å²) in [6, 6.07) is 12.4. The van der Waals surface area contributed by atoms with E-state index in [2.05, 4.69) is 9.71 Å². The summed E-state index contributed by atoms with van der Waals surface area (Å²) in [4.78, 5) is 15.6. The predicted octanol–water partition coefficient (Wildman–Crippen LogP) is 4.50. The lowest BCUT2D eigenvalue weighted by molar-refractivity contribution is -0.132. The van der Waals surface area contributed by atoms with Crippen molar-refractivity contribution in [2.45, 2.75) is 18.7 Å². The van der Waals surface area contributed by atoms with Crippen LogP contribution in [0.5, 0.6) is 17.4 Å². The topological polar surface area (TPSA) is 118 Å². The SMILES string of the molecule is CC(=O)Oc1nc(NS(=O)(=O)c2ccc(Oc3cccc(Cl)c3C#N)cc2)sc1C. The molecule has 0 saturated heterocycles. The number of esters is 1. The molecule has 0 aliphatic heterocycles. The highest BCUT2D eigenvalue weighted by Gasteiger charge is 2.19. The zero-order valence-electron chi connectivity index (χ0n) is 15.7. The van der Waals surface area contributed by atoms with Crippen molar-refractivity contribution in [2.24, 2.45) is 0 Å². The predicted molar refractivity (Wildman–Crippen MR) is 112 cm³/mol. The molecule has 0 aliphatic carbocycles. The van der Waals surface area contributed by atoms with Gasteiger partial charge >= 0.3 is 5.97 Å². The fourth-order valence-electron chi connectivity index (χ4n) is 2.34. The number of anilines is 1. The first-order valence-electron chi connectivity index (χ1n) is 8.35. The third kappa shape index (κ3) is 4.88. The second-order valence-corrected chi connectivity index (χ2v) is 9.17. The van der Waals surface area contributed by atoms with E-state index in [-0.39, 0.29) is 32.2 Å². The summed E-state index contributed by atoms with van der Waals surface area (Å²) in [7, 11) is -3.93. The first-order chi connectivity index (χ1) is 14.2. The van der Waals surface area contributed by atoms with Gasteiger partial charge in [-0.1, -0.05) is 29.0 Å². The average molecular weight is 464 g/mol. The van der Waals surface area contributed by atoms with Gasteiger partial charge in [-0.15, -0.1) is 0 Å². The van der Waals surface area contributed by atoms with Crippen molar-refractivity contribution in [3.05, 3.63) is 57.9 Å². The molecule has 3 rings (SSSR count). The number of halogens is 1. The Morgan fingerprint density at radius 2 is 1.93 bits per heavy atom. The number of sulfonamides is 1. The van der Waals surface area contributed by atoms with Crippen LogP contribution >= 0.6 is 22.9 Å². The monoisotopic (exact) mass is 463 g/mol. The van der Waals surface area contributed by atoms with Crippen LogP contribution in [0.1, 0.15) is 17.4 Å². The van der Waals surface area contributed by atoms with E-state index >= 15 is 0 Å². The molecule has 11 heteroatoms. The normalized spacial score (nSPS) is 10.9. The average Bonchev–Trinajstić information content (AvgIpc) is 3.00. The number of hydrogen-bond acceptors (Lipinski definition) is 8. The summed E-state index contributed by atoms with van der Waals surface area (Å²) in [5.74, 6) is 0.0985. The summed E-state index contributed by atoms with van der Waals surface area (Å²) in [5.41, 5.74) is 0.181. The summed E-state index contributed by atoms with van der Waals surface area (Å²) >= 11 is 7.02. The number of nitriles is 1. The Morgan fingerprint density at radius 3 is 2.57 bits per heavy atom. The standard InChI is InChI=1S/C19H14ClN3O5S2/c1-11-18(27-12(2)24)22-19(29-11)23-30(25,26)14-8-6-13(7-9-14)28-17-5-3-4-16(20)15(17)10-21/h3-9H,1-2H3,(H,22,23). The minimum atomic E-state index is -3.93. The van der Waals surface area contributed by atoms with Crippen molar-refractivity contribution < 1.29 is 22.7 Å². The zero-order valence-corrected chi connectivity index (χ0v) is 18.1. The van der Waals surface area contributed by atoms with Crippen LogP contribution in [0.4, 0.5) is 5.13 Å². The fourth-order valence-corrected chi connectivity index (χ4v) is 4.53. The first kappa shape index (κ1) is 21.6. The molecule has 1 heterocycles. The lowest BCUT2D eigenvalue weighted by Gasteiger charge is -2.09. The van der Waals surface area contributed by atoms with E-state index in [9.17, 15) is 18.5 Å². The van der Waals surface area contributed by atoms with E-state index in [0.717, 1.165) is 11.3 Å². The molecule has 0 saturated carbocycles. The van der Waals surface area contributed by atoms with Crippen LogP contribution in [0.15, 0.2) is 47.4 Å². The van der Waals surface area contributed by atoms with Crippen LogP contribution in [0.3, 0.4) is 0 Å². The Hall–Kier alpha value is -3.13. The lowest BCUT2D eigenvalue weighted by Crippen LogP contribution is -2.12. The van der Waals surface area contributed by atoms with Gasteiger partial charge in [0.2, 0.25) is 5.88 Å². The minimum absolute atomic E-state index is 0.0247. The third-order valence-corrected chi connectivity index (χ3v) is 6.33. The highest BCUT2D eigenvalue weighted by molar-refractivity contribution is 7.93. The first-order valence-corrected chi connectivity index (χ1v) is 11.0. The number of rotatable bonds is 6. The van der Waals surface area contributed by atoms with Gasteiger partial charge in [0.05, 0.1) is 14.8 Å². The highest BCUT2D eigenvalue weighted by Crippen LogP contribution is 2.32. The molecule has 0 fully saturated rings. The maximum Gasteiger partial charge on any atom is 0.309 e. The molecule has 1 aromatic heterocycles. The summed E-state index contributed by atoms with van der Waals surface area (Å²) < 4.78 is 38.1. The molecule has 2 aromatic carbocycles. The summed E-state index contributed by atoms with van der Waals surface area (Å²) in [5, 5.41) is 9.53. The van der Waals surface area contributed by atoms with Gasteiger partial charge in [0.25, 0.3) is 10.0 Å². The second-order valence-electron chi connectivity index (χ2n) is 5.88. The van der Waals surface area contributed by atoms with E-state index in [0.29, 0.717) is 10.6 Å². The van der Waals surface area contributed by atoms with Crippen LogP contribution in [-0.2, 0) is 14.8 Å². The van der Waals surface area contributed by atoms with E-state index in [1.807, 2.05) is 6.07 Å². The fraction of sp³-hybridized carbons (Fsp3) is 0.105. The van der Waals surface area contributed by atoms with Gasteiger partial charge in [-0.2, -0.15) is 10.2 Å². The quantitative estimate of drug-likeness (QED) is 0.534. The smallest absolute Gasteiger partial charge is 0.309 e. The van der Waals surface area contributed by atoms with Gasteiger partial charge in [-0.25, -0.2) is 8.42 Å². The third-order valence-electron chi connectivity index (χ3n) is 3.67. The molecule has 0 atom stereocenters. The van der Waals surface area contributed by atoms with Crippen LogP contribution in [-0.4, -0.2) is 19.4 Å². The molecule has 154 valence electrons. The molecular weight excluding hydrogens is 450 g/mol. The van der Waals surface area contributed by atoms with Crippen LogP contribution in [0, 0.1) is 18.3 Å². The van der Waals surface area contributed by atoms with Crippen LogP contribution < -0.4 is 14.2 Å². The van der Waals surface area contributed by atoms with E-state index in [1.165, 1.54) is 31.2 Å². The lowest BCUT2D eigenvalue weighted by atomic mass is 10.2. The maximum absolute atomic E-state index is 12.6. The number of carbonyl (C=O) groups is 1. The van der Waals surface area contributed by atoms with E-state index in [4.69, 9.17) is 21.1 Å². The van der Waals surface area contributed by atoms with Gasteiger partial charge in [0.1, 0.15) is 23.1 Å². The van der Waals surface area contributed by atoms with Crippen molar-refractivity contribution in [1.29, 1.82) is 5.26 Å². The summed E-state index contributed by atoms with van der Waals surface area (Å²) in [6.45, 7) is 2.89. The number of benzene rings is 2. The Balaban J connectivity index is 1.78. The van der Waals surface area contributed by atoms with Crippen molar-refractivity contribution in [3.63, 3.8) is 0 Å². The largest absolute Gasteiger partial charge is 0.456 e. The van der Waals surface area contributed by atoms with Crippen molar-refractivity contribution in [3.8, 4) is 23.4 Å². The molecule has 3 aromatic rings. The molecule has 1 N–H and O–H groups in total. The number of nitrogens with one attached hydrogen (secondary N) is 1.